The first-order chi connectivity index (χ1) is 12.0. The van der Waals surface area contributed by atoms with Gasteiger partial charge in [0.05, 0.1) is 11.3 Å². The fourth-order valence-electron chi connectivity index (χ4n) is 2.52. The van der Waals surface area contributed by atoms with Crippen molar-refractivity contribution in [3.63, 3.8) is 0 Å². The molecule has 0 aliphatic heterocycles. The van der Waals surface area contributed by atoms with E-state index in [1.165, 1.54) is 11.8 Å². The summed E-state index contributed by atoms with van der Waals surface area (Å²) < 4.78 is 1.63. The maximum atomic E-state index is 13.0. The number of hydrogen-bond acceptors (Lipinski definition) is 5. The Morgan fingerprint density at radius 3 is 2.56 bits per heavy atom. The molecule has 0 unspecified atom stereocenters. The van der Waals surface area contributed by atoms with Crippen LogP contribution in [0.2, 0.25) is 0 Å². The van der Waals surface area contributed by atoms with Crippen molar-refractivity contribution in [1.82, 2.24) is 14.5 Å². The van der Waals surface area contributed by atoms with E-state index in [4.69, 9.17) is 0 Å². The highest BCUT2D eigenvalue weighted by atomic mass is 32.2. The standard InChI is InChI=1S/C19H27N3O2S/c1-4-5-7-12-16-17(23)20-19(25-14-13-21(2)3)22(18(16)24)15-10-8-6-9-11-15/h6,8-11,23H,4-5,7,12-14H2,1-3H3. The van der Waals surface area contributed by atoms with E-state index in [1.807, 2.05) is 44.4 Å². The van der Waals surface area contributed by atoms with E-state index >= 15 is 0 Å². The summed E-state index contributed by atoms with van der Waals surface area (Å²) in [5.41, 5.74) is 1.03. The number of para-hydroxylation sites is 1. The highest BCUT2D eigenvalue weighted by molar-refractivity contribution is 7.99. The Balaban J connectivity index is 2.42. The maximum absolute atomic E-state index is 13.0. The molecule has 0 bridgehead atoms. The van der Waals surface area contributed by atoms with E-state index in [-0.39, 0.29) is 11.4 Å². The second-order valence-electron chi connectivity index (χ2n) is 6.28. The third-order valence-electron chi connectivity index (χ3n) is 3.94. The summed E-state index contributed by atoms with van der Waals surface area (Å²) in [6.45, 7) is 2.99. The van der Waals surface area contributed by atoms with E-state index in [1.54, 1.807) is 4.57 Å². The zero-order chi connectivity index (χ0) is 18.2. The molecule has 0 fully saturated rings. The summed E-state index contributed by atoms with van der Waals surface area (Å²) in [5, 5.41) is 10.8. The fraction of sp³-hybridized carbons (Fsp3) is 0.474. The van der Waals surface area contributed by atoms with Gasteiger partial charge in [-0.25, -0.2) is 0 Å². The van der Waals surface area contributed by atoms with E-state index in [0.29, 0.717) is 17.1 Å². The molecule has 1 N–H and O–H groups in total. The number of benzene rings is 1. The van der Waals surface area contributed by atoms with Crippen LogP contribution >= 0.6 is 11.8 Å². The second kappa shape index (κ2) is 9.63. The van der Waals surface area contributed by atoms with Crippen LogP contribution in [0.25, 0.3) is 5.69 Å². The van der Waals surface area contributed by atoms with Crippen LogP contribution in [-0.2, 0) is 6.42 Å². The number of rotatable bonds is 9. The minimum atomic E-state index is -0.165. The number of unbranched alkanes of at least 4 members (excludes halogenated alkanes) is 2. The van der Waals surface area contributed by atoms with E-state index in [2.05, 4.69) is 16.8 Å². The van der Waals surface area contributed by atoms with Gasteiger partial charge in [-0.1, -0.05) is 49.7 Å². The van der Waals surface area contributed by atoms with Crippen LogP contribution in [0.3, 0.4) is 0 Å². The number of nitrogens with zero attached hydrogens (tertiary/aromatic N) is 3. The monoisotopic (exact) mass is 361 g/mol. The highest BCUT2D eigenvalue weighted by Crippen LogP contribution is 2.23. The van der Waals surface area contributed by atoms with Crippen LogP contribution in [0.1, 0.15) is 31.7 Å². The van der Waals surface area contributed by atoms with Crippen molar-refractivity contribution in [3.8, 4) is 11.6 Å². The molecule has 6 heteroatoms. The molecule has 2 aromatic rings. The lowest BCUT2D eigenvalue weighted by atomic mass is 10.1. The molecule has 0 spiro atoms. The predicted octanol–water partition coefficient (Wildman–Crippen LogP) is 3.32. The Labute approximate surface area is 153 Å². The smallest absolute Gasteiger partial charge is 0.265 e. The number of hydrogen-bond donors (Lipinski definition) is 1. The average molecular weight is 362 g/mol. The Kier molecular flexibility index (Phi) is 7.52. The molecule has 1 heterocycles. The van der Waals surface area contributed by atoms with Crippen molar-refractivity contribution >= 4 is 11.8 Å². The molecule has 0 atom stereocenters. The van der Waals surface area contributed by atoms with Crippen molar-refractivity contribution in [3.05, 3.63) is 46.2 Å². The molecule has 0 aliphatic carbocycles. The van der Waals surface area contributed by atoms with Gasteiger partial charge in [-0.15, -0.1) is 0 Å². The topological polar surface area (TPSA) is 58.4 Å². The Bertz CT molecular complexity index is 729. The van der Waals surface area contributed by atoms with E-state index in [0.717, 1.165) is 37.2 Å². The van der Waals surface area contributed by atoms with Crippen molar-refractivity contribution in [2.45, 2.75) is 37.8 Å². The first-order valence-corrected chi connectivity index (χ1v) is 9.71. The van der Waals surface area contributed by atoms with Gasteiger partial charge >= 0.3 is 0 Å². The molecule has 1 aromatic heterocycles. The van der Waals surface area contributed by atoms with E-state index < -0.39 is 0 Å². The van der Waals surface area contributed by atoms with Crippen LogP contribution in [0.4, 0.5) is 0 Å². The third kappa shape index (κ3) is 5.34. The third-order valence-corrected chi connectivity index (χ3v) is 4.86. The molecule has 0 radical (unpaired) electrons. The van der Waals surface area contributed by atoms with Crippen molar-refractivity contribution in [1.29, 1.82) is 0 Å². The lowest BCUT2D eigenvalue weighted by molar-refractivity contribution is 0.429. The predicted molar refractivity (Wildman–Crippen MR) is 104 cm³/mol. The summed E-state index contributed by atoms with van der Waals surface area (Å²) in [7, 11) is 4.01. The largest absolute Gasteiger partial charge is 0.493 e. The summed E-state index contributed by atoms with van der Waals surface area (Å²) in [6, 6.07) is 9.51. The fourth-order valence-corrected chi connectivity index (χ4v) is 3.62. The van der Waals surface area contributed by atoms with Gasteiger partial charge in [-0.2, -0.15) is 4.98 Å². The molecule has 1 aromatic carbocycles. The van der Waals surface area contributed by atoms with Crippen LogP contribution in [0.15, 0.2) is 40.3 Å². The van der Waals surface area contributed by atoms with Gasteiger partial charge in [0, 0.05) is 12.3 Å². The maximum Gasteiger partial charge on any atom is 0.265 e. The zero-order valence-corrected chi connectivity index (χ0v) is 16.1. The summed E-state index contributed by atoms with van der Waals surface area (Å²) >= 11 is 1.49. The normalized spacial score (nSPS) is 11.2. The number of aromatic nitrogens is 2. The average Bonchev–Trinajstić information content (AvgIpc) is 2.58. The molecule has 0 aliphatic rings. The summed E-state index contributed by atoms with van der Waals surface area (Å²) in [4.78, 5) is 19.5. The number of thioether (sulfide) groups is 1. The molecule has 0 saturated heterocycles. The minimum Gasteiger partial charge on any atom is -0.493 e. The van der Waals surface area contributed by atoms with Gasteiger partial charge in [-0.05, 0) is 39.1 Å². The van der Waals surface area contributed by atoms with Gasteiger partial charge in [0.2, 0.25) is 5.88 Å². The lowest BCUT2D eigenvalue weighted by Gasteiger charge is -2.15. The molecule has 2 rings (SSSR count). The molecule has 5 nitrogen and oxygen atoms in total. The Morgan fingerprint density at radius 2 is 1.92 bits per heavy atom. The summed E-state index contributed by atoms with van der Waals surface area (Å²) in [5.74, 6) is 0.668. The minimum absolute atomic E-state index is 0.124. The van der Waals surface area contributed by atoms with Crippen molar-refractivity contribution < 1.29 is 5.11 Å². The zero-order valence-electron chi connectivity index (χ0n) is 15.2. The van der Waals surface area contributed by atoms with Crippen LogP contribution in [0, 0.1) is 0 Å². The first-order valence-electron chi connectivity index (χ1n) is 8.72. The van der Waals surface area contributed by atoms with Crippen molar-refractivity contribution in [2.24, 2.45) is 0 Å². The SMILES string of the molecule is CCCCCc1c(O)nc(SCCN(C)C)n(-c2ccccc2)c1=O. The number of aromatic hydroxyl groups is 1. The van der Waals surface area contributed by atoms with Gasteiger partial charge < -0.3 is 10.0 Å². The van der Waals surface area contributed by atoms with Gasteiger partial charge in [0.15, 0.2) is 5.16 Å². The van der Waals surface area contributed by atoms with Gasteiger partial charge in [-0.3, -0.25) is 9.36 Å². The first kappa shape index (κ1) is 19.5. The van der Waals surface area contributed by atoms with Crippen LogP contribution < -0.4 is 5.56 Å². The second-order valence-corrected chi connectivity index (χ2v) is 7.34. The Hall–Kier alpha value is -1.79. The molecule has 0 saturated carbocycles. The molecule has 136 valence electrons. The van der Waals surface area contributed by atoms with Crippen molar-refractivity contribution in [2.75, 3.05) is 26.4 Å². The van der Waals surface area contributed by atoms with Crippen LogP contribution in [0.5, 0.6) is 5.88 Å². The summed E-state index contributed by atoms with van der Waals surface area (Å²) in [6.07, 6.45) is 3.53. The van der Waals surface area contributed by atoms with Gasteiger partial charge in [0.25, 0.3) is 5.56 Å². The van der Waals surface area contributed by atoms with Crippen LogP contribution in [-0.4, -0.2) is 46.0 Å². The molecular weight excluding hydrogens is 334 g/mol. The van der Waals surface area contributed by atoms with Gasteiger partial charge in [0.1, 0.15) is 0 Å². The van der Waals surface area contributed by atoms with E-state index in [9.17, 15) is 9.90 Å². The molecular formula is C19H27N3O2S. The Morgan fingerprint density at radius 1 is 1.20 bits per heavy atom. The molecule has 0 amide bonds. The quantitative estimate of drug-likeness (QED) is 0.422. The lowest BCUT2D eigenvalue weighted by Crippen LogP contribution is -2.26. The molecule has 25 heavy (non-hydrogen) atoms. The highest BCUT2D eigenvalue weighted by Gasteiger charge is 2.17.